The minimum absolute atomic E-state index is 0.184. The molecular formula is C14H23N3O3. The Morgan fingerprint density at radius 3 is 2.70 bits per heavy atom. The predicted molar refractivity (Wildman–Crippen MR) is 73.3 cm³/mol. The van der Waals surface area contributed by atoms with Crippen molar-refractivity contribution in [3.8, 4) is 0 Å². The van der Waals surface area contributed by atoms with Crippen molar-refractivity contribution < 1.29 is 14.3 Å². The van der Waals surface area contributed by atoms with E-state index in [0.29, 0.717) is 24.7 Å². The summed E-state index contributed by atoms with van der Waals surface area (Å²) in [6.07, 6.45) is 3.75. The minimum Gasteiger partial charge on any atom is -0.480 e. The number of carboxylic acids is 1. The molecule has 1 fully saturated rings. The molecule has 1 aliphatic rings. The summed E-state index contributed by atoms with van der Waals surface area (Å²) in [6.45, 7) is 7.22. The first-order valence-corrected chi connectivity index (χ1v) is 7.17. The fraction of sp³-hybridized carbons (Fsp3) is 0.786. The Bertz CT molecular complexity index is 464. The lowest BCUT2D eigenvalue weighted by atomic mass is 9.97. The highest BCUT2D eigenvalue weighted by Gasteiger charge is 2.29. The van der Waals surface area contributed by atoms with Crippen LogP contribution in [0.2, 0.25) is 0 Å². The Morgan fingerprint density at radius 2 is 2.10 bits per heavy atom. The number of likely N-dealkylation sites (tertiary alicyclic amines) is 1. The second-order valence-corrected chi connectivity index (χ2v) is 6.42. The molecule has 0 bridgehead atoms. The molecule has 1 aromatic heterocycles. The summed E-state index contributed by atoms with van der Waals surface area (Å²) in [6, 6.07) is -0.442. The van der Waals surface area contributed by atoms with Gasteiger partial charge in [-0.25, -0.2) is 0 Å². The van der Waals surface area contributed by atoms with E-state index >= 15 is 0 Å². The summed E-state index contributed by atoms with van der Waals surface area (Å²) in [5.41, 5.74) is -0.184. The highest BCUT2D eigenvalue weighted by atomic mass is 16.4. The smallest absolute Gasteiger partial charge is 0.320 e. The molecule has 1 saturated heterocycles. The predicted octanol–water partition coefficient (Wildman–Crippen LogP) is 2.20. The quantitative estimate of drug-likeness (QED) is 0.915. The number of aromatic nitrogens is 2. The van der Waals surface area contributed by atoms with Crippen LogP contribution in [0, 0.1) is 0 Å². The molecule has 0 aromatic carbocycles. The van der Waals surface area contributed by atoms with Gasteiger partial charge >= 0.3 is 5.97 Å². The van der Waals surface area contributed by atoms with Gasteiger partial charge in [-0.15, -0.1) is 10.2 Å². The van der Waals surface area contributed by atoms with Crippen molar-refractivity contribution in [2.24, 2.45) is 0 Å². The fourth-order valence-corrected chi connectivity index (χ4v) is 2.43. The molecular weight excluding hydrogens is 258 g/mol. The van der Waals surface area contributed by atoms with Gasteiger partial charge in [0.05, 0.1) is 6.54 Å². The maximum Gasteiger partial charge on any atom is 0.320 e. The van der Waals surface area contributed by atoms with E-state index in [1.165, 1.54) is 0 Å². The van der Waals surface area contributed by atoms with Crippen molar-refractivity contribution in [2.75, 3.05) is 6.54 Å². The molecule has 1 unspecified atom stereocenters. The Morgan fingerprint density at radius 1 is 1.35 bits per heavy atom. The standard InChI is InChI=1S/C14H23N3O3/c1-14(2,3)13-16-15-11(20-13)9-17-8-6-4-5-7-10(17)12(18)19/h10H,4-9H2,1-3H3,(H,18,19). The molecule has 2 heterocycles. The highest BCUT2D eigenvalue weighted by Crippen LogP contribution is 2.23. The molecule has 0 saturated carbocycles. The highest BCUT2D eigenvalue weighted by molar-refractivity contribution is 5.73. The molecule has 1 aliphatic heterocycles. The Labute approximate surface area is 119 Å². The molecule has 6 nitrogen and oxygen atoms in total. The van der Waals surface area contributed by atoms with E-state index in [4.69, 9.17) is 4.42 Å². The number of hydrogen-bond donors (Lipinski definition) is 1. The largest absolute Gasteiger partial charge is 0.480 e. The first-order valence-electron chi connectivity index (χ1n) is 7.17. The van der Waals surface area contributed by atoms with Gasteiger partial charge in [-0.2, -0.15) is 0 Å². The molecule has 1 atom stereocenters. The van der Waals surface area contributed by atoms with Crippen LogP contribution in [-0.2, 0) is 16.8 Å². The third kappa shape index (κ3) is 3.56. The van der Waals surface area contributed by atoms with Gasteiger partial charge in [-0.05, 0) is 19.4 Å². The summed E-state index contributed by atoms with van der Waals surface area (Å²) in [5, 5.41) is 17.4. The van der Waals surface area contributed by atoms with Crippen molar-refractivity contribution in [1.29, 1.82) is 0 Å². The molecule has 2 rings (SSSR count). The third-order valence-corrected chi connectivity index (χ3v) is 3.60. The van der Waals surface area contributed by atoms with Crippen LogP contribution in [-0.4, -0.2) is 38.8 Å². The summed E-state index contributed by atoms with van der Waals surface area (Å²) in [4.78, 5) is 13.3. The van der Waals surface area contributed by atoms with Crippen molar-refractivity contribution in [1.82, 2.24) is 15.1 Å². The second-order valence-electron chi connectivity index (χ2n) is 6.42. The van der Waals surface area contributed by atoms with E-state index in [2.05, 4.69) is 10.2 Å². The number of aliphatic carboxylic acids is 1. The van der Waals surface area contributed by atoms with Gasteiger partial charge < -0.3 is 9.52 Å². The molecule has 0 amide bonds. The first-order chi connectivity index (χ1) is 9.38. The molecule has 1 aromatic rings. The SMILES string of the molecule is CC(C)(C)c1nnc(CN2CCCCCC2C(=O)O)o1. The third-order valence-electron chi connectivity index (χ3n) is 3.60. The Hall–Kier alpha value is -1.43. The summed E-state index contributed by atoms with van der Waals surface area (Å²) in [5.74, 6) is 0.333. The van der Waals surface area contributed by atoms with E-state index in [-0.39, 0.29) is 5.41 Å². The normalized spacial score (nSPS) is 21.6. The zero-order valence-electron chi connectivity index (χ0n) is 12.4. The van der Waals surface area contributed by atoms with E-state index in [0.717, 1.165) is 25.8 Å². The van der Waals surface area contributed by atoms with Crippen LogP contribution in [0.5, 0.6) is 0 Å². The van der Waals surface area contributed by atoms with Crippen molar-refractivity contribution in [3.05, 3.63) is 11.8 Å². The fourth-order valence-electron chi connectivity index (χ4n) is 2.43. The van der Waals surface area contributed by atoms with Crippen molar-refractivity contribution in [3.63, 3.8) is 0 Å². The zero-order valence-corrected chi connectivity index (χ0v) is 12.4. The second kappa shape index (κ2) is 5.91. The molecule has 112 valence electrons. The molecule has 0 radical (unpaired) electrons. The topological polar surface area (TPSA) is 79.5 Å². The van der Waals surface area contributed by atoms with Gasteiger partial charge in [0.25, 0.3) is 0 Å². The minimum atomic E-state index is -0.762. The van der Waals surface area contributed by atoms with E-state index in [1.807, 2.05) is 25.7 Å². The molecule has 0 aliphatic carbocycles. The average Bonchev–Trinajstić information content (AvgIpc) is 2.68. The summed E-state index contributed by atoms with van der Waals surface area (Å²) >= 11 is 0. The lowest BCUT2D eigenvalue weighted by Crippen LogP contribution is -2.40. The number of rotatable bonds is 3. The van der Waals surface area contributed by atoms with E-state index in [1.54, 1.807) is 0 Å². The lowest BCUT2D eigenvalue weighted by molar-refractivity contribution is -0.143. The van der Waals surface area contributed by atoms with Crippen molar-refractivity contribution in [2.45, 2.75) is 64.5 Å². The number of carboxylic acid groups (broad SMARTS) is 1. The monoisotopic (exact) mass is 281 g/mol. The first kappa shape index (κ1) is 15.0. The number of nitrogens with zero attached hydrogens (tertiary/aromatic N) is 3. The Balaban J connectivity index is 2.10. The van der Waals surface area contributed by atoms with E-state index in [9.17, 15) is 9.90 Å². The molecule has 1 N–H and O–H groups in total. The maximum absolute atomic E-state index is 11.4. The Kier molecular flexibility index (Phi) is 4.42. The number of carbonyl (C=O) groups is 1. The van der Waals surface area contributed by atoms with Crippen LogP contribution in [0.25, 0.3) is 0 Å². The summed E-state index contributed by atoms with van der Waals surface area (Å²) in [7, 11) is 0. The summed E-state index contributed by atoms with van der Waals surface area (Å²) < 4.78 is 5.66. The maximum atomic E-state index is 11.4. The zero-order chi connectivity index (χ0) is 14.8. The number of hydrogen-bond acceptors (Lipinski definition) is 5. The molecule has 0 spiro atoms. The van der Waals surface area contributed by atoms with Gasteiger partial charge in [0.2, 0.25) is 11.8 Å². The van der Waals surface area contributed by atoms with Crippen LogP contribution in [0.3, 0.4) is 0 Å². The molecule has 20 heavy (non-hydrogen) atoms. The van der Waals surface area contributed by atoms with Crippen LogP contribution in [0.15, 0.2) is 4.42 Å². The van der Waals surface area contributed by atoms with Crippen LogP contribution >= 0.6 is 0 Å². The van der Waals surface area contributed by atoms with Crippen LogP contribution in [0.1, 0.15) is 58.2 Å². The molecule has 6 heteroatoms. The van der Waals surface area contributed by atoms with Crippen LogP contribution < -0.4 is 0 Å². The van der Waals surface area contributed by atoms with Gasteiger partial charge in [0.15, 0.2) is 0 Å². The van der Waals surface area contributed by atoms with Gasteiger partial charge in [0.1, 0.15) is 6.04 Å². The van der Waals surface area contributed by atoms with Crippen molar-refractivity contribution >= 4 is 5.97 Å². The van der Waals surface area contributed by atoms with Crippen LogP contribution in [0.4, 0.5) is 0 Å². The van der Waals surface area contributed by atoms with Gasteiger partial charge in [-0.1, -0.05) is 33.6 Å². The average molecular weight is 281 g/mol. The lowest BCUT2D eigenvalue weighted by Gasteiger charge is -2.24. The van der Waals surface area contributed by atoms with Gasteiger partial charge in [-0.3, -0.25) is 9.69 Å². The van der Waals surface area contributed by atoms with Gasteiger partial charge in [0, 0.05) is 5.41 Å². The van der Waals surface area contributed by atoms with E-state index < -0.39 is 12.0 Å².